The van der Waals surface area contributed by atoms with Crippen molar-refractivity contribution in [3.63, 3.8) is 0 Å². The number of nitrogens with zero attached hydrogens (tertiary/aromatic N) is 3. The van der Waals surface area contributed by atoms with Gasteiger partial charge in [0.1, 0.15) is 11.7 Å². The van der Waals surface area contributed by atoms with Gasteiger partial charge in [0, 0.05) is 18.8 Å². The molecule has 12 heteroatoms. The van der Waals surface area contributed by atoms with E-state index < -0.39 is 42.9 Å². The summed E-state index contributed by atoms with van der Waals surface area (Å²) >= 11 is 0. The Labute approximate surface area is 216 Å². The molecule has 2 amide bonds. The molecule has 1 fully saturated rings. The summed E-state index contributed by atoms with van der Waals surface area (Å²) < 4.78 is 10.9. The Kier molecular flexibility index (Phi) is 10.1. The van der Waals surface area contributed by atoms with Crippen LogP contribution in [0.3, 0.4) is 0 Å². The van der Waals surface area contributed by atoms with Crippen LogP contribution < -0.4 is 10.6 Å². The number of carbonyl (C=O) groups excluding carboxylic acids is 4. The highest BCUT2D eigenvalue weighted by Crippen LogP contribution is 2.14. The zero-order chi connectivity index (χ0) is 26.8. The van der Waals surface area contributed by atoms with Crippen molar-refractivity contribution in [2.24, 2.45) is 5.92 Å². The first kappa shape index (κ1) is 27.8. The van der Waals surface area contributed by atoms with Crippen LogP contribution in [-0.2, 0) is 30.1 Å². The van der Waals surface area contributed by atoms with Crippen molar-refractivity contribution in [1.29, 1.82) is 0 Å². The van der Waals surface area contributed by atoms with Gasteiger partial charge in [-0.3, -0.25) is 29.1 Å². The number of benzene rings is 1. The molecule has 2 aromatic rings. The standard InChI is InChI=1S/C25H32BN5O6/c1-4-31-15-22(32)36-26(37-23(33)16-31)21(12-17(2)3)30-24(34)19(13-18-8-6-5-7-9-18)29-25(35)20-14-27-10-11-28-20/h5-11,14,17,19,21H,4,12-13,15-16H2,1-3H3,(H,29,35)(H,30,34)/t19-,21-/m0/s1. The lowest BCUT2D eigenvalue weighted by molar-refractivity contribution is -0.147. The second-order valence-electron chi connectivity index (χ2n) is 9.20. The maximum absolute atomic E-state index is 13.5. The van der Waals surface area contributed by atoms with Crippen LogP contribution in [-0.4, -0.2) is 77.4 Å². The quantitative estimate of drug-likeness (QED) is 0.445. The molecule has 0 bridgehead atoms. The summed E-state index contributed by atoms with van der Waals surface area (Å²) in [4.78, 5) is 60.7. The normalized spacial score (nSPS) is 16.2. The summed E-state index contributed by atoms with van der Waals surface area (Å²) in [5.74, 6) is -2.94. The van der Waals surface area contributed by atoms with Gasteiger partial charge < -0.3 is 19.9 Å². The van der Waals surface area contributed by atoms with Gasteiger partial charge >= 0.3 is 19.1 Å². The first-order valence-corrected chi connectivity index (χ1v) is 12.3. The number of hydrogen-bond donors (Lipinski definition) is 2. The zero-order valence-corrected chi connectivity index (χ0v) is 21.3. The van der Waals surface area contributed by atoms with Crippen LogP contribution in [0.4, 0.5) is 0 Å². The molecule has 0 saturated carbocycles. The van der Waals surface area contributed by atoms with Crippen LogP contribution in [0.1, 0.15) is 43.2 Å². The number of aromatic nitrogens is 2. The van der Waals surface area contributed by atoms with E-state index >= 15 is 0 Å². The fourth-order valence-corrected chi connectivity index (χ4v) is 3.90. The number of amides is 2. The summed E-state index contributed by atoms with van der Waals surface area (Å²) in [7, 11) is -1.29. The molecule has 0 radical (unpaired) electrons. The lowest BCUT2D eigenvalue weighted by atomic mass is 9.73. The van der Waals surface area contributed by atoms with E-state index in [2.05, 4.69) is 20.6 Å². The Morgan fingerprint density at radius 3 is 2.30 bits per heavy atom. The third-order valence-electron chi connectivity index (χ3n) is 5.73. The SMILES string of the molecule is CCN1CC(=O)OB([C@H](CC(C)C)NC(=O)[C@H](Cc2ccccc2)NC(=O)c2cnccn2)OC(=O)C1. The molecule has 2 atom stereocenters. The van der Waals surface area contributed by atoms with E-state index in [1.807, 2.05) is 51.1 Å². The maximum atomic E-state index is 13.5. The van der Waals surface area contributed by atoms with Crippen molar-refractivity contribution < 1.29 is 28.5 Å². The highest BCUT2D eigenvalue weighted by molar-refractivity contribution is 6.51. The average molecular weight is 509 g/mol. The van der Waals surface area contributed by atoms with Gasteiger partial charge in [0.05, 0.1) is 25.2 Å². The van der Waals surface area contributed by atoms with Gasteiger partial charge in [-0.2, -0.15) is 0 Å². The van der Waals surface area contributed by atoms with Gasteiger partial charge in [-0.25, -0.2) is 4.98 Å². The molecular formula is C25H32BN5O6. The van der Waals surface area contributed by atoms with Crippen LogP contribution in [0.2, 0.25) is 0 Å². The number of nitrogens with one attached hydrogen (secondary N) is 2. The molecule has 1 aliphatic heterocycles. The Balaban J connectivity index is 1.81. The molecule has 1 aromatic heterocycles. The molecule has 2 N–H and O–H groups in total. The third-order valence-corrected chi connectivity index (χ3v) is 5.73. The van der Waals surface area contributed by atoms with Gasteiger partial charge in [-0.15, -0.1) is 0 Å². The number of carbonyl (C=O) groups is 4. The van der Waals surface area contributed by atoms with Crippen LogP contribution in [0, 0.1) is 5.92 Å². The summed E-state index contributed by atoms with van der Waals surface area (Å²) in [5.41, 5.74) is 0.890. The highest BCUT2D eigenvalue weighted by atomic mass is 16.6. The lowest BCUT2D eigenvalue weighted by Gasteiger charge is -2.30. The molecule has 196 valence electrons. The van der Waals surface area contributed by atoms with Crippen LogP contribution in [0.15, 0.2) is 48.9 Å². The van der Waals surface area contributed by atoms with Crippen LogP contribution in [0.25, 0.3) is 0 Å². The Hall–Kier alpha value is -3.80. The van der Waals surface area contributed by atoms with E-state index in [4.69, 9.17) is 9.31 Å². The number of likely N-dealkylation sites (N-methyl/N-ethyl adjacent to an activating group) is 1. The van der Waals surface area contributed by atoms with E-state index in [1.165, 1.54) is 18.6 Å². The molecule has 11 nitrogen and oxygen atoms in total. The molecule has 0 spiro atoms. The molecule has 1 saturated heterocycles. The predicted molar refractivity (Wildman–Crippen MR) is 135 cm³/mol. The first-order chi connectivity index (χ1) is 17.7. The molecule has 1 aromatic carbocycles. The number of rotatable bonds is 10. The molecule has 0 aliphatic carbocycles. The average Bonchev–Trinajstić information content (AvgIpc) is 2.86. The Morgan fingerprint density at radius 1 is 1.05 bits per heavy atom. The number of hydrogen-bond acceptors (Lipinski definition) is 9. The van der Waals surface area contributed by atoms with E-state index in [9.17, 15) is 19.2 Å². The molecule has 2 heterocycles. The monoisotopic (exact) mass is 509 g/mol. The van der Waals surface area contributed by atoms with Crippen molar-refractivity contribution >= 4 is 30.9 Å². The minimum atomic E-state index is -1.29. The fraction of sp³-hybridized carbons (Fsp3) is 0.440. The predicted octanol–water partition coefficient (Wildman–Crippen LogP) is 0.798. The van der Waals surface area contributed by atoms with Crippen molar-refractivity contribution in [1.82, 2.24) is 25.5 Å². The Bertz CT molecular complexity index is 1050. The van der Waals surface area contributed by atoms with Crippen molar-refractivity contribution in [2.75, 3.05) is 19.6 Å². The smallest absolute Gasteiger partial charge is 0.497 e. The van der Waals surface area contributed by atoms with Gasteiger partial charge in [0.25, 0.3) is 5.91 Å². The second-order valence-corrected chi connectivity index (χ2v) is 9.20. The molecule has 1 aliphatic rings. The van der Waals surface area contributed by atoms with Gasteiger partial charge in [-0.05, 0) is 24.4 Å². The summed E-state index contributed by atoms with van der Waals surface area (Å²) in [6.45, 7) is 6.05. The summed E-state index contributed by atoms with van der Waals surface area (Å²) in [5, 5.41) is 5.57. The van der Waals surface area contributed by atoms with Crippen molar-refractivity contribution in [3.05, 3.63) is 60.2 Å². The zero-order valence-electron chi connectivity index (χ0n) is 21.3. The second kappa shape index (κ2) is 13.5. The molecule has 37 heavy (non-hydrogen) atoms. The van der Waals surface area contributed by atoms with Crippen molar-refractivity contribution in [3.8, 4) is 0 Å². The van der Waals surface area contributed by atoms with E-state index in [0.29, 0.717) is 13.0 Å². The van der Waals surface area contributed by atoms with Gasteiger partial charge in [0.2, 0.25) is 5.91 Å². The fourth-order valence-electron chi connectivity index (χ4n) is 3.90. The minimum Gasteiger partial charge on any atom is -0.497 e. The third kappa shape index (κ3) is 8.67. The highest BCUT2D eigenvalue weighted by Gasteiger charge is 2.42. The molecule has 3 rings (SSSR count). The topological polar surface area (TPSA) is 140 Å². The van der Waals surface area contributed by atoms with Crippen LogP contribution >= 0.6 is 0 Å². The van der Waals surface area contributed by atoms with Crippen molar-refractivity contribution in [2.45, 2.75) is 45.6 Å². The largest absolute Gasteiger partial charge is 0.622 e. The van der Waals surface area contributed by atoms with Gasteiger partial charge in [-0.1, -0.05) is 51.1 Å². The molecular weight excluding hydrogens is 477 g/mol. The van der Waals surface area contributed by atoms with E-state index in [-0.39, 0.29) is 31.1 Å². The maximum Gasteiger partial charge on any atom is 0.622 e. The Morgan fingerprint density at radius 2 is 1.73 bits per heavy atom. The van der Waals surface area contributed by atoms with Crippen LogP contribution in [0.5, 0.6) is 0 Å². The molecule has 0 unspecified atom stereocenters. The summed E-state index contributed by atoms with van der Waals surface area (Å²) in [6.07, 6.45) is 4.70. The summed E-state index contributed by atoms with van der Waals surface area (Å²) in [6, 6.07) is 8.23. The lowest BCUT2D eigenvalue weighted by Crippen LogP contribution is -2.58. The van der Waals surface area contributed by atoms with E-state index in [1.54, 1.807) is 4.90 Å². The van der Waals surface area contributed by atoms with E-state index in [0.717, 1.165) is 5.56 Å². The first-order valence-electron chi connectivity index (χ1n) is 12.3. The van der Waals surface area contributed by atoms with Gasteiger partial charge in [0.15, 0.2) is 0 Å². The minimum absolute atomic E-state index is 0.0603.